The van der Waals surface area contributed by atoms with Crippen LogP contribution in [0.5, 0.6) is 0 Å². The highest BCUT2D eigenvalue weighted by Gasteiger charge is 2.17. The molecule has 31 heavy (non-hydrogen) atoms. The van der Waals surface area contributed by atoms with Gasteiger partial charge in [-0.25, -0.2) is 4.98 Å². The average Bonchev–Trinajstić information content (AvgIpc) is 3.23. The number of nitrogens with one attached hydrogen (secondary N) is 1. The number of benzene rings is 2. The normalized spacial score (nSPS) is 10.9. The standard InChI is InChI=1S/C23H22N4O2S2/c1-15-6-4-5-7-19(15)27-22(29)21-18(12-13-30-21)25-23(27)31-14-20(28)24-16-8-10-17(11-9-16)26(2)3/h4-13H,14H2,1-3H3,(H,24,28). The molecule has 0 unspecified atom stereocenters. The van der Waals surface area contributed by atoms with Crippen LogP contribution < -0.4 is 15.8 Å². The molecule has 8 heteroatoms. The van der Waals surface area contributed by atoms with Gasteiger partial charge in [0.1, 0.15) is 4.70 Å². The van der Waals surface area contributed by atoms with Crippen molar-refractivity contribution in [3.8, 4) is 5.69 Å². The van der Waals surface area contributed by atoms with E-state index in [9.17, 15) is 9.59 Å². The predicted molar refractivity (Wildman–Crippen MR) is 130 cm³/mol. The number of hydrogen-bond donors (Lipinski definition) is 1. The summed E-state index contributed by atoms with van der Waals surface area (Å²) in [6.07, 6.45) is 0. The van der Waals surface area contributed by atoms with Crippen molar-refractivity contribution in [2.75, 3.05) is 30.1 Å². The van der Waals surface area contributed by atoms with Crippen molar-refractivity contribution in [2.24, 2.45) is 0 Å². The third-order valence-corrected chi connectivity index (χ3v) is 6.64. The number of thiophene rings is 1. The van der Waals surface area contributed by atoms with Gasteiger partial charge in [-0.15, -0.1) is 11.3 Å². The van der Waals surface area contributed by atoms with Gasteiger partial charge in [0.05, 0.1) is 17.0 Å². The van der Waals surface area contributed by atoms with Crippen LogP contribution in [0.25, 0.3) is 15.9 Å². The Morgan fingerprint density at radius 1 is 1.13 bits per heavy atom. The van der Waals surface area contributed by atoms with Gasteiger partial charge in [-0.3, -0.25) is 14.2 Å². The highest BCUT2D eigenvalue weighted by atomic mass is 32.2. The van der Waals surface area contributed by atoms with Gasteiger partial charge < -0.3 is 10.2 Å². The van der Waals surface area contributed by atoms with E-state index in [0.29, 0.717) is 15.4 Å². The molecule has 0 atom stereocenters. The molecule has 4 aromatic rings. The van der Waals surface area contributed by atoms with Crippen LogP contribution in [0.2, 0.25) is 0 Å². The Balaban J connectivity index is 1.59. The number of aromatic nitrogens is 2. The van der Waals surface area contributed by atoms with E-state index < -0.39 is 0 Å². The minimum Gasteiger partial charge on any atom is -0.378 e. The SMILES string of the molecule is Cc1ccccc1-n1c(SCC(=O)Nc2ccc(N(C)C)cc2)nc2ccsc2c1=O. The summed E-state index contributed by atoms with van der Waals surface area (Å²) >= 11 is 2.63. The van der Waals surface area contributed by atoms with Gasteiger partial charge >= 0.3 is 0 Å². The lowest BCUT2D eigenvalue weighted by Gasteiger charge is -2.14. The molecule has 0 aliphatic carbocycles. The van der Waals surface area contributed by atoms with Crippen LogP contribution in [-0.4, -0.2) is 35.3 Å². The monoisotopic (exact) mass is 450 g/mol. The van der Waals surface area contributed by atoms with Crippen molar-refractivity contribution in [1.29, 1.82) is 0 Å². The van der Waals surface area contributed by atoms with Gasteiger partial charge in [-0.1, -0.05) is 30.0 Å². The molecule has 1 N–H and O–H groups in total. The van der Waals surface area contributed by atoms with Crippen LogP contribution in [0.15, 0.2) is 69.9 Å². The van der Waals surface area contributed by atoms with E-state index in [4.69, 9.17) is 0 Å². The maximum atomic E-state index is 13.2. The summed E-state index contributed by atoms with van der Waals surface area (Å²) in [7, 11) is 3.94. The minimum absolute atomic E-state index is 0.114. The molecular weight excluding hydrogens is 428 g/mol. The van der Waals surface area contributed by atoms with Gasteiger partial charge in [0.25, 0.3) is 5.56 Å². The van der Waals surface area contributed by atoms with Crippen LogP contribution in [0.3, 0.4) is 0 Å². The third-order valence-electron chi connectivity index (χ3n) is 4.81. The van der Waals surface area contributed by atoms with Crippen LogP contribution in [0.1, 0.15) is 5.56 Å². The zero-order valence-electron chi connectivity index (χ0n) is 17.5. The first-order valence-electron chi connectivity index (χ1n) is 9.70. The summed E-state index contributed by atoms with van der Waals surface area (Å²) < 4.78 is 2.22. The van der Waals surface area contributed by atoms with Gasteiger partial charge in [-0.05, 0) is 54.3 Å². The quantitative estimate of drug-likeness (QED) is 0.345. The molecule has 2 aromatic carbocycles. The lowest BCUT2D eigenvalue weighted by molar-refractivity contribution is -0.113. The molecule has 0 fully saturated rings. The van der Waals surface area contributed by atoms with E-state index in [1.165, 1.54) is 23.1 Å². The molecule has 1 amide bonds. The fraction of sp³-hybridized carbons (Fsp3) is 0.174. The van der Waals surface area contributed by atoms with Crippen LogP contribution in [0.4, 0.5) is 11.4 Å². The van der Waals surface area contributed by atoms with Crippen molar-refractivity contribution in [3.63, 3.8) is 0 Å². The van der Waals surface area contributed by atoms with Crippen LogP contribution in [0, 0.1) is 6.92 Å². The molecule has 2 aromatic heterocycles. The maximum Gasteiger partial charge on any atom is 0.276 e. The smallest absolute Gasteiger partial charge is 0.276 e. The number of para-hydroxylation sites is 1. The number of carbonyl (C=O) groups is 1. The Hall–Kier alpha value is -3.10. The topological polar surface area (TPSA) is 67.2 Å². The Morgan fingerprint density at radius 2 is 1.87 bits per heavy atom. The molecule has 0 aliphatic rings. The molecule has 6 nitrogen and oxygen atoms in total. The number of hydrogen-bond acceptors (Lipinski definition) is 6. The third kappa shape index (κ3) is 4.50. The summed E-state index contributed by atoms with van der Waals surface area (Å²) in [6.45, 7) is 1.96. The molecule has 0 radical (unpaired) electrons. The van der Waals surface area contributed by atoms with Crippen molar-refractivity contribution < 1.29 is 4.79 Å². The number of thioether (sulfide) groups is 1. The minimum atomic E-state index is -0.154. The number of rotatable bonds is 6. The Morgan fingerprint density at radius 3 is 2.58 bits per heavy atom. The van der Waals surface area contributed by atoms with E-state index in [-0.39, 0.29) is 17.2 Å². The highest BCUT2D eigenvalue weighted by Crippen LogP contribution is 2.25. The Bertz CT molecular complexity index is 1290. The maximum absolute atomic E-state index is 13.2. The first-order valence-corrected chi connectivity index (χ1v) is 11.6. The highest BCUT2D eigenvalue weighted by molar-refractivity contribution is 7.99. The van der Waals surface area contributed by atoms with Crippen LogP contribution >= 0.6 is 23.1 Å². The van der Waals surface area contributed by atoms with Crippen LogP contribution in [-0.2, 0) is 4.79 Å². The fourth-order valence-corrected chi connectivity index (χ4v) is 4.75. The summed E-state index contributed by atoms with van der Waals surface area (Å²) in [5, 5.41) is 5.27. The summed E-state index contributed by atoms with van der Waals surface area (Å²) in [4.78, 5) is 32.4. The number of amides is 1. The zero-order chi connectivity index (χ0) is 22.0. The lowest BCUT2D eigenvalue weighted by atomic mass is 10.2. The number of carbonyl (C=O) groups excluding carboxylic acids is 1. The summed E-state index contributed by atoms with van der Waals surface area (Å²) in [5.74, 6) is -0.0118. The van der Waals surface area contributed by atoms with Gasteiger partial charge in [0.15, 0.2) is 5.16 Å². The molecule has 0 spiro atoms. The second-order valence-electron chi connectivity index (χ2n) is 7.23. The second kappa shape index (κ2) is 8.95. The van der Waals surface area contributed by atoms with E-state index >= 15 is 0 Å². The number of nitrogens with zero attached hydrogens (tertiary/aromatic N) is 3. The molecule has 0 bridgehead atoms. The Kier molecular flexibility index (Phi) is 6.11. The first-order chi connectivity index (χ1) is 14.9. The summed E-state index contributed by atoms with van der Waals surface area (Å²) in [6, 6.07) is 17.2. The molecule has 0 saturated carbocycles. The van der Waals surface area contributed by atoms with Gasteiger partial charge in [0, 0.05) is 25.5 Å². The van der Waals surface area contributed by atoms with E-state index in [0.717, 1.165) is 22.6 Å². The van der Waals surface area contributed by atoms with E-state index in [2.05, 4.69) is 10.3 Å². The fourth-order valence-electron chi connectivity index (χ4n) is 3.19. The number of fused-ring (bicyclic) bond motifs is 1. The molecule has 158 valence electrons. The Labute approximate surface area is 188 Å². The van der Waals surface area contributed by atoms with Crippen molar-refractivity contribution in [2.45, 2.75) is 12.1 Å². The lowest BCUT2D eigenvalue weighted by Crippen LogP contribution is -2.22. The first kappa shape index (κ1) is 21.1. The van der Waals surface area contributed by atoms with E-state index in [1.807, 2.05) is 85.9 Å². The summed E-state index contributed by atoms with van der Waals surface area (Å²) in [5.41, 5.74) is 4.07. The van der Waals surface area contributed by atoms with Crippen molar-refractivity contribution in [3.05, 3.63) is 75.9 Å². The van der Waals surface area contributed by atoms with Gasteiger partial charge in [-0.2, -0.15) is 0 Å². The predicted octanol–water partition coefficient (Wildman–Crippen LogP) is 4.55. The number of anilines is 2. The van der Waals surface area contributed by atoms with Gasteiger partial charge in [0.2, 0.25) is 5.91 Å². The molecule has 4 rings (SSSR count). The van der Waals surface area contributed by atoms with Crippen molar-refractivity contribution >= 4 is 50.6 Å². The molecule has 0 aliphatic heterocycles. The number of aryl methyl sites for hydroxylation is 1. The molecule has 0 saturated heterocycles. The second-order valence-corrected chi connectivity index (χ2v) is 9.09. The average molecular weight is 451 g/mol. The largest absolute Gasteiger partial charge is 0.378 e. The molecular formula is C23H22N4O2S2. The zero-order valence-corrected chi connectivity index (χ0v) is 19.1. The van der Waals surface area contributed by atoms with Crippen molar-refractivity contribution in [1.82, 2.24) is 9.55 Å². The molecule has 2 heterocycles. The van der Waals surface area contributed by atoms with E-state index in [1.54, 1.807) is 4.57 Å².